The predicted octanol–water partition coefficient (Wildman–Crippen LogP) is 1.17. The van der Waals surface area contributed by atoms with Gasteiger partial charge in [0.25, 0.3) is 0 Å². The van der Waals surface area contributed by atoms with Crippen LogP contribution < -0.4 is 0 Å². The van der Waals surface area contributed by atoms with E-state index in [4.69, 9.17) is 0 Å². The molecule has 0 aromatic carbocycles. The van der Waals surface area contributed by atoms with E-state index in [2.05, 4.69) is 12.6 Å². The molecule has 5 heteroatoms. The number of nitrogens with zero attached hydrogens (tertiary/aromatic N) is 2. The molecule has 2 rings (SSSR count). The number of thiol groups is 1. The van der Waals surface area contributed by atoms with E-state index in [0.717, 1.165) is 18.6 Å². The van der Waals surface area contributed by atoms with E-state index in [0.29, 0.717) is 13.1 Å². The van der Waals surface area contributed by atoms with Gasteiger partial charge in [-0.2, -0.15) is 12.6 Å². The molecule has 1 aliphatic heterocycles. The number of rotatable bonds is 4. The van der Waals surface area contributed by atoms with Crippen molar-refractivity contribution in [3.8, 4) is 0 Å². The number of carbonyl (C=O) groups is 2. The van der Waals surface area contributed by atoms with E-state index >= 15 is 0 Å². The van der Waals surface area contributed by atoms with Gasteiger partial charge in [-0.1, -0.05) is 12.8 Å². The minimum absolute atomic E-state index is 0.0735. The third-order valence-electron chi connectivity index (χ3n) is 4.27. The maximum absolute atomic E-state index is 12.1. The molecule has 0 unspecified atom stereocenters. The molecule has 1 heterocycles. The number of hydrogen-bond donors (Lipinski definition) is 1. The fourth-order valence-corrected chi connectivity index (χ4v) is 3.45. The van der Waals surface area contributed by atoms with Crippen LogP contribution in [0.5, 0.6) is 0 Å². The minimum atomic E-state index is 0.0735. The van der Waals surface area contributed by atoms with Crippen LogP contribution in [0.15, 0.2) is 0 Å². The first kappa shape index (κ1) is 13.7. The van der Waals surface area contributed by atoms with E-state index in [-0.39, 0.29) is 30.3 Å². The summed E-state index contributed by atoms with van der Waals surface area (Å²) in [6, 6.07) is 0. The summed E-state index contributed by atoms with van der Waals surface area (Å²) >= 11 is 4.46. The van der Waals surface area contributed by atoms with Crippen LogP contribution >= 0.6 is 12.6 Å². The molecule has 0 radical (unpaired) electrons. The molecular weight excluding hydrogens is 248 g/mol. The van der Waals surface area contributed by atoms with E-state index in [1.165, 1.54) is 12.8 Å². The van der Waals surface area contributed by atoms with E-state index in [9.17, 15) is 9.59 Å². The highest BCUT2D eigenvalue weighted by atomic mass is 32.1. The van der Waals surface area contributed by atoms with Gasteiger partial charge >= 0.3 is 0 Å². The summed E-state index contributed by atoms with van der Waals surface area (Å²) in [5, 5.41) is 0. The van der Waals surface area contributed by atoms with Crippen LogP contribution in [0.3, 0.4) is 0 Å². The molecule has 0 atom stereocenters. The second kappa shape index (κ2) is 5.51. The number of carbonyl (C=O) groups excluding carboxylic acids is 2. The third-order valence-corrected chi connectivity index (χ3v) is 4.94. The van der Waals surface area contributed by atoms with Crippen molar-refractivity contribution < 1.29 is 9.59 Å². The van der Waals surface area contributed by atoms with Gasteiger partial charge in [0.2, 0.25) is 11.8 Å². The van der Waals surface area contributed by atoms with Crippen LogP contribution in [0.1, 0.15) is 32.6 Å². The van der Waals surface area contributed by atoms with Gasteiger partial charge in [0.05, 0.1) is 13.1 Å². The zero-order valence-electron chi connectivity index (χ0n) is 11.0. The molecule has 0 bridgehead atoms. The molecule has 2 aliphatic rings. The van der Waals surface area contributed by atoms with E-state index < -0.39 is 0 Å². The van der Waals surface area contributed by atoms with Crippen molar-refractivity contribution in [2.75, 3.05) is 31.9 Å². The Kier molecular flexibility index (Phi) is 4.20. The van der Waals surface area contributed by atoms with Gasteiger partial charge in [0.15, 0.2) is 0 Å². The van der Waals surface area contributed by atoms with Crippen LogP contribution in [0.25, 0.3) is 0 Å². The summed E-state index contributed by atoms with van der Waals surface area (Å²) in [6.45, 7) is 3.74. The molecule has 2 fully saturated rings. The molecule has 0 spiro atoms. The highest BCUT2D eigenvalue weighted by Crippen LogP contribution is 2.39. The number of likely N-dealkylation sites (N-methyl/N-ethyl adjacent to an activating group) is 1. The summed E-state index contributed by atoms with van der Waals surface area (Å²) in [5.74, 6) is 0.969. The average Bonchev–Trinajstić information content (AvgIpc) is 2.82. The predicted molar refractivity (Wildman–Crippen MR) is 73.6 cm³/mol. The van der Waals surface area contributed by atoms with Crippen LogP contribution in [0.2, 0.25) is 0 Å². The minimum Gasteiger partial charge on any atom is -0.332 e. The van der Waals surface area contributed by atoms with Crippen molar-refractivity contribution in [1.82, 2.24) is 9.80 Å². The van der Waals surface area contributed by atoms with Crippen molar-refractivity contribution in [3.63, 3.8) is 0 Å². The molecule has 2 amide bonds. The summed E-state index contributed by atoms with van der Waals surface area (Å²) in [6.07, 6.45) is 4.70. The van der Waals surface area contributed by atoms with Gasteiger partial charge in [-0.15, -0.1) is 0 Å². The van der Waals surface area contributed by atoms with E-state index in [1.807, 2.05) is 6.92 Å². The van der Waals surface area contributed by atoms with Crippen molar-refractivity contribution >= 4 is 24.4 Å². The summed E-state index contributed by atoms with van der Waals surface area (Å²) in [4.78, 5) is 27.3. The monoisotopic (exact) mass is 270 g/mol. The Bertz CT molecular complexity index is 340. The SMILES string of the molecule is CCN1CC(=O)N(CC2(CS)CCCC2)CC1=O. The Labute approximate surface area is 114 Å². The Morgan fingerprint density at radius 1 is 1.11 bits per heavy atom. The largest absolute Gasteiger partial charge is 0.332 e. The van der Waals surface area contributed by atoms with Gasteiger partial charge in [-0.3, -0.25) is 9.59 Å². The van der Waals surface area contributed by atoms with Gasteiger partial charge in [-0.25, -0.2) is 0 Å². The maximum atomic E-state index is 12.1. The molecule has 18 heavy (non-hydrogen) atoms. The van der Waals surface area contributed by atoms with Crippen molar-refractivity contribution in [3.05, 3.63) is 0 Å². The third kappa shape index (κ3) is 2.66. The van der Waals surface area contributed by atoms with Gasteiger partial charge in [0, 0.05) is 13.1 Å². The first-order valence-electron chi connectivity index (χ1n) is 6.77. The first-order valence-corrected chi connectivity index (χ1v) is 7.40. The zero-order valence-corrected chi connectivity index (χ0v) is 11.9. The maximum Gasteiger partial charge on any atom is 0.242 e. The second-order valence-electron chi connectivity index (χ2n) is 5.52. The molecule has 1 saturated heterocycles. The standard InChI is InChI=1S/C13H22N2O2S/c1-2-14-7-12(17)15(8-11(14)16)9-13(10-18)5-3-4-6-13/h18H,2-10H2,1H3. The van der Waals surface area contributed by atoms with Gasteiger partial charge < -0.3 is 9.80 Å². The highest BCUT2D eigenvalue weighted by molar-refractivity contribution is 7.80. The normalized spacial score (nSPS) is 23.9. The molecule has 0 aromatic rings. The highest BCUT2D eigenvalue weighted by Gasteiger charge is 2.38. The molecule has 1 aliphatic carbocycles. The Hall–Kier alpha value is -0.710. The number of piperazine rings is 1. The first-order chi connectivity index (χ1) is 8.60. The summed E-state index contributed by atoms with van der Waals surface area (Å²) in [7, 11) is 0. The molecule has 102 valence electrons. The van der Waals surface area contributed by atoms with Gasteiger partial charge in [-0.05, 0) is 30.9 Å². The topological polar surface area (TPSA) is 40.6 Å². The Balaban J connectivity index is 2.01. The lowest BCUT2D eigenvalue weighted by Gasteiger charge is -2.39. The Morgan fingerprint density at radius 2 is 1.67 bits per heavy atom. The average molecular weight is 270 g/mol. The molecule has 1 saturated carbocycles. The lowest BCUT2D eigenvalue weighted by molar-refractivity contribution is -0.151. The molecule has 4 nitrogen and oxygen atoms in total. The summed E-state index contributed by atoms with van der Waals surface area (Å²) in [5.41, 5.74) is 0.146. The molecular formula is C13H22N2O2S. The second-order valence-corrected chi connectivity index (χ2v) is 5.84. The quantitative estimate of drug-likeness (QED) is 0.779. The fraction of sp³-hybridized carbons (Fsp3) is 0.846. The molecule has 0 N–H and O–H groups in total. The van der Waals surface area contributed by atoms with Crippen molar-refractivity contribution in [2.45, 2.75) is 32.6 Å². The van der Waals surface area contributed by atoms with Crippen molar-refractivity contribution in [2.24, 2.45) is 5.41 Å². The lowest BCUT2D eigenvalue weighted by atomic mass is 9.87. The lowest BCUT2D eigenvalue weighted by Crippen LogP contribution is -2.56. The van der Waals surface area contributed by atoms with Crippen LogP contribution in [-0.2, 0) is 9.59 Å². The summed E-state index contributed by atoms with van der Waals surface area (Å²) < 4.78 is 0. The van der Waals surface area contributed by atoms with Crippen LogP contribution in [-0.4, -0.2) is 53.5 Å². The van der Waals surface area contributed by atoms with Gasteiger partial charge in [0.1, 0.15) is 0 Å². The number of hydrogen-bond acceptors (Lipinski definition) is 3. The van der Waals surface area contributed by atoms with Crippen molar-refractivity contribution in [1.29, 1.82) is 0 Å². The Morgan fingerprint density at radius 3 is 2.22 bits per heavy atom. The zero-order chi connectivity index (χ0) is 13.2. The van der Waals surface area contributed by atoms with E-state index in [1.54, 1.807) is 9.80 Å². The van der Waals surface area contributed by atoms with Crippen LogP contribution in [0, 0.1) is 5.41 Å². The number of amides is 2. The smallest absolute Gasteiger partial charge is 0.242 e. The van der Waals surface area contributed by atoms with Crippen LogP contribution in [0.4, 0.5) is 0 Å². The molecule has 0 aromatic heterocycles. The fourth-order valence-electron chi connectivity index (χ4n) is 3.03.